The number of fused-ring (bicyclic) bond motifs is 2. The molecule has 7 heteroatoms. The molecule has 2 aliphatic rings. The van der Waals surface area contributed by atoms with Gasteiger partial charge in [0.25, 0.3) is 11.8 Å². The molecule has 1 N–H and O–H groups in total. The van der Waals surface area contributed by atoms with Crippen LogP contribution >= 0.6 is 0 Å². The summed E-state index contributed by atoms with van der Waals surface area (Å²) in [6.45, 7) is 4.10. The number of hydrogen-bond donors (Lipinski definition) is 1. The van der Waals surface area contributed by atoms with E-state index in [1.807, 2.05) is 26.0 Å². The molecule has 2 aliphatic heterocycles. The molecule has 0 radical (unpaired) electrons. The second-order valence-corrected chi connectivity index (χ2v) is 7.88. The van der Waals surface area contributed by atoms with Crippen molar-refractivity contribution in [3.05, 3.63) is 59.2 Å². The van der Waals surface area contributed by atoms with Crippen molar-refractivity contribution in [2.24, 2.45) is 5.92 Å². The van der Waals surface area contributed by atoms with Gasteiger partial charge in [0.1, 0.15) is 6.54 Å². The van der Waals surface area contributed by atoms with Crippen LogP contribution in [-0.2, 0) is 16.0 Å². The molecule has 4 rings (SSSR count). The zero-order valence-electron chi connectivity index (χ0n) is 17.0. The standard InChI is InChI=1S/C23H23N3O4/c1-14(2)21(28)25-11-5-6-15-12-16(9-10-19(15)25)24-20(27)13-26-22(29)17-7-3-4-8-18(17)23(26)30/h3-4,7-10,12,14H,5-6,11,13H2,1-2H3,(H,24,27). The molecule has 0 aliphatic carbocycles. The molecular formula is C23H23N3O4. The van der Waals surface area contributed by atoms with Crippen LogP contribution in [0.1, 0.15) is 46.5 Å². The van der Waals surface area contributed by atoms with Crippen LogP contribution in [0.2, 0.25) is 0 Å². The number of hydrogen-bond acceptors (Lipinski definition) is 4. The number of nitrogens with zero attached hydrogens (tertiary/aromatic N) is 2. The van der Waals surface area contributed by atoms with Gasteiger partial charge >= 0.3 is 0 Å². The van der Waals surface area contributed by atoms with Gasteiger partial charge in [-0.25, -0.2) is 0 Å². The van der Waals surface area contributed by atoms with Crippen molar-refractivity contribution in [2.75, 3.05) is 23.3 Å². The van der Waals surface area contributed by atoms with E-state index in [0.29, 0.717) is 23.4 Å². The number of amides is 4. The van der Waals surface area contributed by atoms with Gasteiger partial charge in [-0.2, -0.15) is 0 Å². The topological polar surface area (TPSA) is 86.8 Å². The van der Waals surface area contributed by atoms with Crippen molar-refractivity contribution in [3.63, 3.8) is 0 Å². The molecule has 0 saturated carbocycles. The smallest absolute Gasteiger partial charge is 0.262 e. The van der Waals surface area contributed by atoms with Gasteiger partial charge in [-0.15, -0.1) is 0 Å². The van der Waals surface area contributed by atoms with Crippen LogP contribution in [0.15, 0.2) is 42.5 Å². The molecular weight excluding hydrogens is 382 g/mol. The number of carbonyl (C=O) groups is 4. The highest BCUT2D eigenvalue weighted by molar-refractivity contribution is 6.22. The highest BCUT2D eigenvalue weighted by Gasteiger charge is 2.36. The van der Waals surface area contributed by atoms with Crippen LogP contribution < -0.4 is 10.2 Å². The Kier molecular flexibility index (Phi) is 5.11. The lowest BCUT2D eigenvalue weighted by Gasteiger charge is -2.31. The van der Waals surface area contributed by atoms with Crippen molar-refractivity contribution >= 4 is 35.0 Å². The number of aryl methyl sites for hydroxylation is 1. The SMILES string of the molecule is CC(C)C(=O)N1CCCc2cc(NC(=O)CN3C(=O)c4ccccc4C3=O)ccc21. The first-order valence-corrected chi connectivity index (χ1v) is 10.1. The third-order valence-electron chi connectivity index (χ3n) is 5.42. The van der Waals surface area contributed by atoms with Crippen LogP contribution in [0, 0.1) is 5.92 Å². The predicted octanol–water partition coefficient (Wildman–Crippen LogP) is 2.86. The second-order valence-electron chi connectivity index (χ2n) is 7.88. The Morgan fingerprint density at radius 2 is 1.70 bits per heavy atom. The van der Waals surface area contributed by atoms with Gasteiger partial charge < -0.3 is 10.2 Å². The zero-order chi connectivity index (χ0) is 21.4. The maximum absolute atomic E-state index is 12.5. The Hall–Kier alpha value is -3.48. The summed E-state index contributed by atoms with van der Waals surface area (Å²) in [6, 6.07) is 12.0. The van der Waals surface area contributed by atoms with Crippen molar-refractivity contribution in [3.8, 4) is 0 Å². The van der Waals surface area contributed by atoms with Gasteiger partial charge in [0, 0.05) is 23.8 Å². The molecule has 30 heavy (non-hydrogen) atoms. The fourth-order valence-electron chi connectivity index (χ4n) is 3.94. The van der Waals surface area contributed by atoms with E-state index in [2.05, 4.69) is 5.32 Å². The number of benzene rings is 2. The highest BCUT2D eigenvalue weighted by Crippen LogP contribution is 2.31. The van der Waals surface area contributed by atoms with Crippen molar-refractivity contribution in [1.29, 1.82) is 0 Å². The lowest BCUT2D eigenvalue weighted by atomic mass is 9.99. The average molecular weight is 405 g/mol. The number of anilines is 2. The third-order valence-corrected chi connectivity index (χ3v) is 5.42. The summed E-state index contributed by atoms with van der Waals surface area (Å²) in [5.41, 5.74) is 3.08. The predicted molar refractivity (Wildman–Crippen MR) is 112 cm³/mol. The molecule has 2 aromatic rings. The van der Waals surface area contributed by atoms with Gasteiger partial charge in [0.15, 0.2) is 0 Å². The summed E-state index contributed by atoms with van der Waals surface area (Å²) in [6.07, 6.45) is 1.68. The Morgan fingerprint density at radius 3 is 2.33 bits per heavy atom. The highest BCUT2D eigenvalue weighted by atomic mass is 16.2. The summed E-state index contributed by atoms with van der Waals surface area (Å²) in [5, 5.41) is 2.77. The second kappa shape index (κ2) is 7.74. The summed E-state index contributed by atoms with van der Waals surface area (Å²) >= 11 is 0. The maximum atomic E-state index is 12.5. The van der Waals surface area contributed by atoms with E-state index in [4.69, 9.17) is 0 Å². The summed E-state index contributed by atoms with van der Waals surface area (Å²) in [7, 11) is 0. The van der Waals surface area contributed by atoms with E-state index in [1.165, 1.54) is 0 Å². The Labute approximate surface area is 174 Å². The molecule has 0 fully saturated rings. The van der Waals surface area contributed by atoms with Gasteiger partial charge in [-0.3, -0.25) is 24.1 Å². The van der Waals surface area contributed by atoms with E-state index in [9.17, 15) is 19.2 Å². The van der Waals surface area contributed by atoms with Crippen LogP contribution in [0.5, 0.6) is 0 Å². The molecule has 0 saturated heterocycles. The van der Waals surface area contributed by atoms with Crippen LogP contribution in [0.4, 0.5) is 11.4 Å². The lowest BCUT2D eigenvalue weighted by Crippen LogP contribution is -2.38. The van der Waals surface area contributed by atoms with Crippen LogP contribution in [0.3, 0.4) is 0 Å². The molecule has 0 bridgehead atoms. The van der Waals surface area contributed by atoms with Crippen molar-refractivity contribution in [2.45, 2.75) is 26.7 Å². The van der Waals surface area contributed by atoms with E-state index < -0.39 is 17.7 Å². The third kappa shape index (κ3) is 3.47. The fourth-order valence-corrected chi connectivity index (χ4v) is 3.94. The van der Waals surface area contributed by atoms with E-state index in [-0.39, 0.29) is 18.4 Å². The minimum atomic E-state index is -0.459. The number of rotatable bonds is 4. The number of imide groups is 1. The number of nitrogens with one attached hydrogen (secondary N) is 1. The van der Waals surface area contributed by atoms with Gasteiger partial charge in [-0.05, 0) is 48.7 Å². The minimum Gasteiger partial charge on any atom is -0.325 e. The first-order valence-electron chi connectivity index (χ1n) is 10.1. The lowest BCUT2D eigenvalue weighted by molar-refractivity contribution is -0.121. The van der Waals surface area contributed by atoms with Crippen LogP contribution in [0.25, 0.3) is 0 Å². The fraction of sp³-hybridized carbons (Fsp3) is 0.304. The normalized spacial score (nSPS) is 15.3. The Morgan fingerprint density at radius 1 is 1.03 bits per heavy atom. The van der Waals surface area contributed by atoms with E-state index >= 15 is 0 Å². The van der Waals surface area contributed by atoms with Crippen molar-refractivity contribution < 1.29 is 19.2 Å². The molecule has 4 amide bonds. The Bertz CT molecular complexity index is 1030. The average Bonchev–Trinajstić information content (AvgIpc) is 2.97. The molecule has 0 spiro atoms. The monoisotopic (exact) mass is 405 g/mol. The van der Waals surface area contributed by atoms with Crippen LogP contribution in [-0.4, -0.2) is 41.6 Å². The summed E-state index contributed by atoms with van der Waals surface area (Å²) in [5.74, 6) is -1.37. The minimum absolute atomic E-state index is 0.0818. The van der Waals surface area contributed by atoms with Gasteiger partial charge in [0.05, 0.1) is 11.1 Å². The first-order chi connectivity index (χ1) is 14.4. The van der Waals surface area contributed by atoms with E-state index in [0.717, 1.165) is 29.0 Å². The van der Waals surface area contributed by atoms with E-state index in [1.54, 1.807) is 35.2 Å². The number of carbonyl (C=O) groups excluding carboxylic acids is 4. The first kappa shape index (κ1) is 19.8. The molecule has 154 valence electrons. The molecule has 0 aromatic heterocycles. The zero-order valence-corrected chi connectivity index (χ0v) is 17.0. The molecule has 2 aromatic carbocycles. The quantitative estimate of drug-likeness (QED) is 0.793. The van der Waals surface area contributed by atoms with Gasteiger partial charge in [-0.1, -0.05) is 26.0 Å². The Balaban J connectivity index is 1.47. The summed E-state index contributed by atoms with van der Waals surface area (Å²) in [4.78, 5) is 52.6. The molecule has 7 nitrogen and oxygen atoms in total. The molecule has 0 unspecified atom stereocenters. The summed E-state index contributed by atoms with van der Waals surface area (Å²) < 4.78 is 0. The molecule has 0 atom stereocenters. The maximum Gasteiger partial charge on any atom is 0.262 e. The van der Waals surface area contributed by atoms with Gasteiger partial charge in [0.2, 0.25) is 11.8 Å². The largest absolute Gasteiger partial charge is 0.325 e. The molecule has 2 heterocycles. The van der Waals surface area contributed by atoms with Crippen molar-refractivity contribution in [1.82, 2.24) is 4.90 Å².